The second kappa shape index (κ2) is 6.50. The molecule has 0 radical (unpaired) electrons. The van der Waals surface area contributed by atoms with Gasteiger partial charge in [0.1, 0.15) is 0 Å². The Kier molecular flexibility index (Phi) is 4.47. The van der Waals surface area contributed by atoms with Gasteiger partial charge in [-0.05, 0) is 17.7 Å². The van der Waals surface area contributed by atoms with Crippen molar-refractivity contribution in [3.05, 3.63) is 35.4 Å². The maximum absolute atomic E-state index is 8.96. The van der Waals surface area contributed by atoms with E-state index < -0.39 is 0 Å². The van der Waals surface area contributed by atoms with Crippen molar-refractivity contribution in [2.75, 3.05) is 32.7 Å². The molecule has 4 nitrogen and oxygen atoms in total. The zero-order valence-corrected chi connectivity index (χ0v) is 13.1. The molecule has 5 heteroatoms. The number of hydrogen-bond acceptors (Lipinski definition) is 5. The summed E-state index contributed by atoms with van der Waals surface area (Å²) < 4.78 is 0. The van der Waals surface area contributed by atoms with Crippen molar-refractivity contribution in [1.29, 1.82) is 5.26 Å². The average Bonchev–Trinajstić information content (AvgIpc) is 2.95. The van der Waals surface area contributed by atoms with Gasteiger partial charge in [-0.15, -0.1) is 0 Å². The van der Waals surface area contributed by atoms with Gasteiger partial charge in [0.2, 0.25) is 0 Å². The molecular weight excluding hydrogens is 280 g/mol. The van der Waals surface area contributed by atoms with Crippen molar-refractivity contribution in [2.45, 2.75) is 18.7 Å². The summed E-state index contributed by atoms with van der Waals surface area (Å²) in [6, 6.07) is 10.1. The summed E-state index contributed by atoms with van der Waals surface area (Å²) in [5.41, 5.74) is 1.97. The molecule has 2 heterocycles. The van der Waals surface area contributed by atoms with Crippen molar-refractivity contribution in [2.24, 2.45) is 4.99 Å². The summed E-state index contributed by atoms with van der Waals surface area (Å²) in [6.45, 7) is 8.35. The average molecular weight is 300 g/mol. The van der Waals surface area contributed by atoms with Gasteiger partial charge in [0.15, 0.2) is 5.17 Å². The minimum absolute atomic E-state index is 0.631. The normalized spacial score (nSPS) is 23.0. The van der Waals surface area contributed by atoms with E-state index in [0.717, 1.165) is 44.8 Å². The monoisotopic (exact) mass is 300 g/mol. The fraction of sp³-hybridized carbons (Fsp3) is 0.500. The van der Waals surface area contributed by atoms with E-state index in [1.54, 1.807) is 0 Å². The molecule has 1 aromatic carbocycles. The maximum atomic E-state index is 8.96. The first-order valence-electron chi connectivity index (χ1n) is 7.42. The lowest BCUT2D eigenvalue weighted by Gasteiger charge is -2.35. The fourth-order valence-corrected chi connectivity index (χ4v) is 3.72. The van der Waals surface area contributed by atoms with Crippen LogP contribution in [0.2, 0.25) is 0 Å². The highest BCUT2D eigenvalue weighted by molar-refractivity contribution is 8.14. The molecule has 3 rings (SSSR count). The highest BCUT2D eigenvalue weighted by Gasteiger charge is 2.24. The Hall–Kier alpha value is -1.51. The number of aliphatic imine (C=N–C) groups is 1. The van der Waals surface area contributed by atoms with Gasteiger partial charge in [-0.2, -0.15) is 5.26 Å². The highest BCUT2D eigenvalue weighted by Crippen LogP contribution is 2.23. The molecule has 2 aliphatic rings. The number of thioether (sulfide) groups is 1. The van der Waals surface area contributed by atoms with Gasteiger partial charge in [0.05, 0.1) is 18.2 Å². The van der Waals surface area contributed by atoms with E-state index >= 15 is 0 Å². The molecular formula is C16H20N4S. The first-order chi connectivity index (χ1) is 10.2. The summed E-state index contributed by atoms with van der Waals surface area (Å²) in [5, 5.41) is 10.8. The quantitative estimate of drug-likeness (QED) is 0.839. The van der Waals surface area contributed by atoms with E-state index in [-0.39, 0.29) is 0 Å². The molecule has 2 aliphatic heterocycles. The Morgan fingerprint density at radius 2 is 2.14 bits per heavy atom. The Labute approximate surface area is 130 Å². The molecule has 21 heavy (non-hydrogen) atoms. The Morgan fingerprint density at radius 1 is 1.33 bits per heavy atom. The number of nitrogens with zero attached hydrogens (tertiary/aromatic N) is 4. The summed E-state index contributed by atoms with van der Waals surface area (Å²) in [5.74, 6) is 0. The zero-order chi connectivity index (χ0) is 14.7. The van der Waals surface area contributed by atoms with E-state index in [4.69, 9.17) is 5.26 Å². The molecule has 0 saturated carbocycles. The third-order valence-electron chi connectivity index (χ3n) is 3.90. The van der Waals surface area contributed by atoms with Crippen molar-refractivity contribution in [3.8, 4) is 6.07 Å². The molecule has 1 aromatic rings. The van der Waals surface area contributed by atoms with Gasteiger partial charge in [0, 0.05) is 38.0 Å². The standard InChI is InChI=1S/C16H20N4S/c1-13-11-18-16(21-13)20-7-5-19(6-8-20)12-15-4-2-3-14(9-15)10-17/h2-4,9,13H,5-8,11-12H2,1H3/t13-/m1/s1. The maximum Gasteiger partial charge on any atom is 0.159 e. The predicted molar refractivity (Wildman–Crippen MR) is 87.4 cm³/mol. The summed E-state index contributed by atoms with van der Waals surface area (Å²) in [4.78, 5) is 9.49. The van der Waals surface area contributed by atoms with Gasteiger partial charge in [0.25, 0.3) is 0 Å². The van der Waals surface area contributed by atoms with Crippen LogP contribution in [0, 0.1) is 11.3 Å². The molecule has 1 fully saturated rings. The summed E-state index contributed by atoms with van der Waals surface area (Å²) in [7, 11) is 0. The number of piperazine rings is 1. The van der Waals surface area contributed by atoms with Gasteiger partial charge in [-0.3, -0.25) is 9.89 Å². The molecule has 0 N–H and O–H groups in total. The Bertz CT molecular complexity index is 570. The Morgan fingerprint density at radius 3 is 2.81 bits per heavy atom. The lowest BCUT2D eigenvalue weighted by molar-refractivity contribution is 0.177. The first-order valence-corrected chi connectivity index (χ1v) is 8.30. The van der Waals surface area contributed by atoms with Gasteiger partial charge in [-0.1, -0.05) is 30.8 Å². The lowest BCUT2D eigenvalue weighted by atomic mass is 10.1. The van der Waals surface area contributed by atoms with Crippen molar-refractivity contribution in [3.63, 3.8) is 0 Å². The van der Waals surface area contributed by atoms with Crippen LogP contribution in [0.4, 0.5) is 0 Å². The topological polar surface area (TPSA) is 42.6 Å². The third kappa shape index (κ3) is 3.58. The van der Waals surface area contributed by atoms with Crippen LogP contribution in [-0.4, -0.2) is 52.9 Å². The molecule has 0 aromatic heterocycles. The number of benzene rings is 1. The molecule has 1 saturated heterocycles. The Balaban J connectivity index is 1.53. The van der Waals surface area contributed by atoms with Gasteiger partial charge in [-0.25, -0.2) is 0 Å². The van der Waals surface area contributed by atoms with Crippen LogP contribution in [0.1, 0.15) is 18.1 Å². The second-order valence-corrected chi connectivity index (χ2v) is 7.03. The van der Waals surface area contributed by atoms with Gasteiger partial charge < -0.3 is 4.90 Å². The molecule has 1 atom stereocenters. The number of hydrogen-bond donors (Lipinski definition) is 0. The van der Waals surface area contributed by atoms with Crippen LogP contribution in [0.25, 0.3) is 0 Å². The summed E-state index contributed by atoms with van der Waals surface area (Å²) in [6.07, 6.45) is 0. The van der Waals surface area contributed by atoms with E-state index in [9.17, 15) is 0 Å². The largest absolute Gasteiger partial charge is 0.349 e. The summed E-state index contributed by atoms with van der Waals surface area (Å²) >= 11 is 1.90. The minimum atomic E-state index is 0.631. The van der Waals surface area contributed by atoms with E-state index in [0.29, 0.717) is 5.25 Å². The number of rotatable bonds is 2. The molecule has 0 bridgehead atoms. The molecule has 0 aliphatic carbocycles. The minimum Gasteiger partial charge on any atom is -0.349 e. The van der Waals surface area contributed by atoms with Crippen LogP contribution >= 0.6 is 11.8 Å². The van der Waals surface area contributed by atoms with Crippen molar-refractivity contribution >= 4 is 16.9 Å². The second-order valence-electron chi connectivity index (χ2n) is 5.63. The van der Waals surface area contributed by atoms with E-state index in [2.05, 4.69) is 33.9 Å². The molecule has 0 unspecified atom stereocenters. The van der Waals surface area contributed by atoms with E-state index in [1.165, 1.54) is 10.7 Å². The van der Waals surface area contributed by atoms with Crippen LogP contribution in [0.3, 0.4) is 0 Å². The van der Waals surface area contributed by atoms with Crippen molar-refractivity contribution in [1.82, 2.24) is 9.80 Å². The highest BCUT2D eigenvalue weighted by atomic mass is 32.2. The smallest absolute Gasteiger partial charge is 0.159 e. The van der Waals surface area contributed by atoms with Crippen LogP contribution in [-0.2, 0) is 6.54 Å². The fourth-order valence-electron chi connectivity index (χ4n) is 2.73. The van der Waals surface area contributed by atoms with Crippen LogP contribution in [0.15, 0.2) is 29.3 Å². The number of amidine groups is 1. The predicted octanol–water partition coefficient (Wildman–Crippen LogP) is 2.17. The number of nitriles is 1. The van der Waals surface area contributed by atoms with Gasteiger partial charge >= 0.3 is 0 Å². The zero-order valence-electron chi connectivity index (χ0n) is 12.3. The first kappa shape index (κ1) is 14.4. The molecule has 0 amide bonds. The van der Waals surface area contributed by atoms with E-state index in [1.807, 2.05) is 30.0 Å². The lowest BCUT2D eigenvalue weighted by Crippen LogP contribution is -2.47. The molecule has 0 spiro atoms. The van der Waals surface area contributed by atoms with Crippen LogP contribution in [0.5, 0.6) is 0 Å². The molecule has 110 valence electrons. The van der Waals surface area contributed by atoms with Crippen molar-refractivity contribution < 1.29 is 0 Å². The third-order valence-corrected chi connectivity index (χ3v) is 5.04. The SMILES string of the molecule is C[C@@H]1CN=C(N2CCN(Cc3cccc(C#N)c3)CC2)S1. The van der Waals surface area contributed by atoms with Crippen LogP contribution < -0.4 is 0 Å².